The van der Waals surface area contributed by atoms with Gasteiger partial charge in [-0.15, -0.1) is 11.3 Å². The van der Waals surface area contributed by atoms with E-state index in [1.807, 2.05) is 5.38 Å². The molecule has 0 bridgehead atoms. The fourth-order valence-corrected chi connectivity index (χ4v) is 3.34. The number of fused-ring (bicyclic) bond motifs is 1. The van der Waals surface area contributed by atoms with Gasteiger partial charge < -0.3 is 0 Å². The van der Waals surface area contributed by atoms with Gasteiger partial charge in [0.05, 0.1) is 34.5 Å². The molecule has 120 valence electrons. The molecule has 0 saturated heterocycles. The Morgan fingerprint density at radius 2 is 2.17 bits per heavy atom. The summed E-state index contributed by atoms with van der Waals surface area (Å²) in [5.74, 6) is 0.666. The van der Waals surface area contributed by atoms with Crippen molar-refractivity contribution in [2.75, 3.05) is 0 Å². The first-order chi connectivity index (χ1) is 11.0. The molecule has 0 spiro atoms. The number of benzene rings is 1. The molecule has 0 amide bonds. The van der Waals surface area contributed by atoms with Crippen LogP contribution in [-0.4, -0.2) is 14.5 Å². The maximum Gasteiger partial charge on any atom is 0.261 e. The SMILES string of the molecule is CC(C)CCc1nc(Cn2cnc3ccc(Cl)cc3c2=O)cs1. The standard InChI is InChI=1S/C17H18ClN3OS/c1-11(2)3-6-16-20-13(9-23-16)8-21-10-19-15-5-4-12(18)7-14(15)17(21)22/h4-5,7,9-11H,3,6,8H2,1-2H3. The minimum Gasteiger partial charge on any atom is -0.293 e. The zero-order valence-electron chi connectivity index (χ0n) is 13.1. The molecule has 0 aliphatic heterocycles. The van der Waals surface area contributed by atoms with Gasteiger partial charge >= 0.3 is 0 Å². The third-order valence-corrected chi connectivity index (χ3v) is 4.85. The van der Waals surface area contributed by atoms with E-state index in [2.05, 4.69) is 23.8 Å². The number of halogens is 1. The number of aryl methyl sites for hydroxylation is 1. The summed E-state index contributed by atoms with van der Waals surface area (Å²) in [5, 5.41) is 4.22. The Bertz CT molecular complexity index is 885. The molecule has 0 radical (unpaired) electrons. The van der Waals surface area contributed by atoms with Crippen molar-refractivity contribution in [1.82, 2.24) is 14.5 Å². The number of hydrogen-bond donors (Lipinski definition) is 0. The highest BCUT2D eigenvalue weighted by Gasteiger charge is 2.08. The zero-order chi connectivity index (χ0) is 16.4. The Labute approximate surface area is 143 Å². The molecule has 0 atom stereocenters. The second-order valence-corrected chi connectivity index (χ2v) is 7.38. The van der Waals surface area contributed by atoms with Crippen LogP contribution in [0.1, 0.15) is 31.0 Å². The van der Waals surface area contributed by atoms with Crippen LogP contribution in [-0.2, 0) is 13.0 Å². The quantitative estimate of drug-likeness (QED) is 0.696. The molecule has 0 aliphatic rings. The number of thiazole rings is 1. The smallest absolute Gasteiger partial charge is 0.261 e. The van der Waals surface area contributed by atoms with E-state index in [0.717, 1.165) is 23.5 Å². The average molecular weight is 348 g/mol. The van der Waals surface area contributed by atoms with Gasteiger partial charge in [0.15, 0.2) is 0 Å². The predicted molar refractivity (Wildman–Crippen MR) is 95.4 cm³/mol. The lowest BCUT2D eigenvalue weighted by atomic mass is 10.1. The summed E-state index contributed by atoms with van der Waals surface area (Å²) in [6, 6.07) is 5.16. The molecule has 3 rings (SSSR count). The van der Waals surface area contributed by atoms with Crippen molar-refractivity contribution in [3.63, 3.8) is 0 Å². The van der Waals surface area contributed by atoms with Gasteiger partial charge in [0.25, 0.3) is 5.56 Å². The van der Waals surface area contributed by atoms with Crippen molar-refractivity contribution in [2.24, 2.45) is 5.92 Å². The molecule has 0 N–H and O–H groups in total. The first-order valence-electron chi connectivity index (χ1n) is 7.61. The molecule has 23 heavy (non-hydrogen) atoms. The highest BCUT2D eigenvalue weighted by Crippen LogP contribution is 2.16. The topological polar surface area (TPSA) is 47.8 Å². The van der Waals surface area contributed by atoms with Crippen LogP contribution in [0.25, 0.3) is 10.9 Å². The Morgan fingerprint density at radius 1 is 1.35 bits per heavy atom. The van der Waals surface area contributed by atoms with Gasteiger partial charge in [0, 0.05) is 10.4 Å². The van der Waals surface area contributed by atoms with Gasteiger partial charge in [-0.05, 0) is 37.0 Å². The predicted octanol–water partition coefficient (Wildman–Crippen LogP) is 4.14. The molecule has 3 aromatic rings. The van der Waals surface area contributed by atoms with Crippen LogP contribution in [0.15, 0.2) is 34.7 Å². The molecule has 6 heteroatoms. The second-order valence-electron chi connectivity index (χ2n) is 6.00. The minimum absolute atomic E-state index is 0.0887. The highest BCUT2D eigenvalue weighted by atomic mass is 35.5. The lowest BCUT2D eigenvalue weighted by Crippen LogP contribution is -2.21. The van der Waals surface area contributed by atoms with Gasteiger partial charge in [-0.3, -0.25) is 9.36 Å². The summed E-state index contributed by atoms with van der Waals surface area (Å²) in [6.45, 7) is 4.85. The molecule has 2 aromatic heterocycles. The fourth-order valence-electron chi connectivity index (χ4n) is 2.37. The van der Waals surface area contributed by atoms with E-state index in [1.165, 1.54) is 0 Å². The van der Waals surface area contributed by atoms with Crippen LogP contribution in [0.2, 0.25) is 5.02 Å². The van der Waals surface area contributed by atoms with Crippen molar-refractivity contribution in [1.29, 1.82) is 0 Å². The van der Waals surface area contributed by atoms with Crippen LogP contribution < -0.4 is 5.56 Å². The summed E-state index contributed by atoms with van der Waals surface area (Å²) in [5.41, 5.74) is 1.47. The Kier molecular flexibility index (Phi) is 4.78. The van der Waals surface area contributed by atoms with Crippen molar-refractivity contribution in [3.05, 3.63) is 56.0 Å². The van der Waals surface area contributed by atoms with Gasteiger partial charge in [-0.1, -0.05) is 25.4 Å². The van der Waals surface area contributed by atoms with E-state index in [-0.39, 0.29) is 5.56 Å². The van der Waals surface area contributed by atoms with Crippen molar-refractivity contribution >= 4 is 33.8 Å². The molecule has 1 aromatic carbocycles. The van der Waals surface area contributed by atoms with Crippen molar-refractivity contribution < 1.29 is 0 Å². The first kappa shape index (κ1) is 16.1. The largest absolute Gasteiger partial charge is 0.293 e. The van der Waals surface area contributed by atoms with E-state index >= 15 is 0 Å². The van der Waals surface area contributed by atoms with Crippen molar-refractivity contribution in [3.8, 4) is 0 Å². The monoisotopic (exact) mass is 347 g/mol. The number of nitrogens with zero attached hydrogens (tertiary/aromatic N) is 3. The summed E-state index contributed by atoms with van der Waals surface area (Å²) >= 11 is 7.63. The Hall–Kier alpha value is -1.72. The Morgan fingerprint density at radius 3 is 2.96 bits per heavy atom. The van der Waals surface area contributed by atoms with Crippen molar-refractivity contribution in [2.45, 2.75) is 33.2 Å². The van der Waals surface area contributed by atoms with Gasteiger partial charge in [-0.2, -0.15) is 0 Å². The fraction of sp³-hybridized carbons (Fsp3) is 0.353. The molecular formula is C17H18ClN3OS. The summed E-state index contributed by atoms with van der Waals surface area (Å²) in [7, 11) is 0. The normalized spacial score (nSPS) is 11.5. The number of aromatic nitrogens is 3. The molecular weight excluding hydrogens is 330 g/mol. The lowest BCUT2D eigenvalue weighted by Gasteiger charge is -2.05. The van der Waals surface area contributed by atoms with Gasteiger partial charge in [0.1, 0.15) is 0 Å². The number of rotatable bonds is 5. The summed E-state index contributed by atoms with van der Waals surface area (Å²) < 4.78 is 1.58. The third-order valence-electron chi connectivity index (χ3n) is 3.65. The van der Waals surface area contributed by atoms with E-state index in [4.69, 9.17) is 11.6 Å². The molecule has 0 fully saturated rings. The molecule has 0 aliphatic carbocycles. The maximum atomic E-state index is 12.5. The van der Waals surface area contributed by atoms with Crippen LogP contribution >= 0.6 is 22.9 Å². The lowest BCUT2D eigenvalue weighted by molar-refractivity contribution is 0.584. The van der Waals surface area contributed by atoms with E-state index < -0.39 is 0 Å². The van der Waals surface area contributed by atoms with E-state index in [1.54, 1.807) is 40.4 Å². The van der Waals surface area contributed by atoms with E-state index in [9.17, 15) is 4.79 Å². The number of hydrogen-bond acceptors (Lipinski definition) is 4. The Balaban J connectivity index is 1.84. The summed E-state index contributed by atoms with van der Waals surface area (Å²) in [4.78, 5) is 21.5. The maximum absolute atomic E-state index is 12.5. The van der Waals surface area contributed by atoms with E-state index in [0.29, 0.717) is 28.4 Å². The van der Waals surface area contributed by atoms with Gasteiger partial charge in [-0.25, -0.2) is 9.97 Å². The minimum atomic E-state index is -0.0887. The molecule has 4 nitrogen and oxygen atoms in total. The first-order valence-corrected chi connectivity index (χ1v) is 8.86. The summed E-state index contributed by atoms with van der Waals surface area (Å²) in [6.07, 6.45) is 3.69. The van der Waals surface area contributed by atoms with Crippen LogP contribution in [0, 0.1) is 5.92 Å². The van der Waals surface area contributed by atoms with Gasteiger partial charge in [0.2, 0.25) is 0 Å². The zero-order valence-corrected chi connectivity index (χ0v) is 14.7. The molecule has 2 heterocycles. The second kappa shape index (κ2) is 6.81. The van der Waals surface area contributed by atoms with Crippen LogP contribution in [0.5, 0.6) is 0 Å². The average Bonchev–Trinajstić information content (AvgIpc) is 2.96. The molecule has 0 saturated carbocycles. The third kappa shape index (κ3) is 3.79. The van der Waals surface area contributed by atoms with Crippen LogP contribution in [0.3, 0.4) is 0 Å². The van der Waals surface area contributed by atoms with Crippen LogP contribution in [0.4, 0.5) is 0 Å². The molecule has 0 unspecified atom stereocenters. The highest BCUT2D eigenvalue weighted by molar-refractivity contribution is 7.09.